The van der Waals surface area contributed by atoms with Crippen LogP contribution in [0.4, 0.5) is 5.69 Å². The Morgan fingerprint density at radius 1 is 1.17 bits per heavy atom. The maximum atomic E-state index is 11.8. The van der Waals surface area contributed by atoms with Crippen molar-refractivity contribution in [2.45, 2.75) is 33.1 Å². The zero-order valence-electron chi connectivity index (χ0n) is 10.9. The predicted octanol–water partition coefficient (Wildman–Crippen LogP) is 2.06. The molecule has 18 heavy (non-hydrogen) atoms. The Bertz CT molecular complexity index is 567. The largest absolute Gasteiger partial charge is 0.306 e. The minimum atomic E-state index is -0.761. The maximum Gasteiger partial charge on any atom is 0.306 e. The average Bonchev–Trinajstić information content (AvgIpc) is 2.50. The fraction of sp³-hybridized carbons (Fsp3) is 0.357. The highest BCUT2D eigenvalue weighted by Crippen LogP contribution is 2.33. The lowest BCUT2D eigenvalue weighted by molar-refractivity contribution is -0.122. The van der Waals surface area contributed by atoms with Crippen molar-refractivity contribution in [1.29, 1.82) is 0 Å². The van der Waals surface area contributed by atoms with Gasteiger partial charge < -0.3 is 0 Å². The normalized spacial score (nSPS) is 15.0. The summed E-state index contributed by atoms with van der Waals surface area (Å²) >= 11 is 0. The minimum absolute atomic E-state index is 0.109. The summed E-state index contributed by atoms with van der Waals surface area (Å²) in [6.07, 6.45) is 0. The van der Waals surface area contributed by atoms with Crippen LogP contribution in [0.25, 0.3) is 0 Å². The summed E-state index contributed by atoms with van der Waals surface area (Å²) in [5.74, 6) is -1.80. The SMILES string of the molecule is CC(=O)N1C(=O)C(=O)c2cc(C(C)(C)C)ccc21. The van der Waals surface area contributed by atoms with E-state index in [1.165, 1.54) is 6.92 Å². The summed E-state index contributed by atoms with van der Waals surface area (Å²) < 4.78 is 0. The highest BCUT2D eigenvalue weighted by molar-refractivity contribution is 6.56. The zero-order valence-corrected chi connectivity index (χ0v) is 10.9. The number of rotatable bonds is 0. The maximum absolute atomic E-state index is 11.8. The van der Waals surface area contributed by atoms with Crippen molar-refractivity contribution in [3.63, 3.8) is 0 Å². The first kappa shape index (κ1) is 12.5. The molecule has 4 nitrogen and oxygen atoms in total. The number of anilines is 1. The van der Waals surface area contributed by atoms with Crippen molar-refractivity contribution < 1.29 is 14.4 Å². The van der Waals surface area contributed by atoms with Crippen LogP contribution in [0.5, 0.6) is 0 Å². The third-order valence-corrected chi connectivity index (χ3v) is 3.06. The molecule has 4 heteroatoms. The Morgan fingerprint density at radius 2 is 1.78 bits per heavy atom. The van der Waals surface area contributed by atoms with Crippen molar-refractivity contribution in [1.82, 2.24) is 0 Å². The average molecular weight is 245 g/mol. The molecule has 0 saturated heterocycles. The molecule has 1 aromatic carbocycles. The molecular weight excluding hydrogens is 230 g/mol. The predicted molar refractivity (Wildman–Crippen MR) is 67.6 cm³/mol. The van der Waals surface area contributed by atoms with E-state index in [1.807, 2.05) is 26.8 Å². The van der Waals surface area contributed by atoms with E-state index in [9.17, 15) is 14.4 Å². The molecular formula is C14H15NO3. The number of hydrogen-bond donors (Lipinski definition) is 0. The highest BCUT2D eigenvalue weighted by Gasteiger charge is 2.38. The quantitative estimate of drug-likeness (QED) is 0.657. The Labute approximate surface area is 106 Å². The monoisotopic (exact) mass is 245 g/mol. The first-order valence-corrected chi connectivity index (χ1v) is 5.77. The molecule has 0 saturated carbocycles. The molecule has 0 fully saturated rings. The van der Waals surface area contributed by atoms with Gasteiger partial charge in [-0.05, 0) is 23.1 Å². The summed E-state index contributed by atoms with van der Waals surface area (Å²) in [5, 5.41) is 0. The summed E-state index contributed by atoms with van der Waals surface area (Å²) in [5.41, 5.74) is 1.57. The van der Waals surface area contributed by atoms with Crippen LogP contribution >= 0.6 is 0 Å². The molecule has 1 aliphatic heterocycles. The van der Waals surface area contributed by atoms with Gasteiger partial charge in [-0.25, -0.2) is 4.90 Å². The number of Topliss-reactive ketones (excluding diaryl/α,β-unsaturated/α-hetero) is 1. The van der Waals surface area contributed by atoms with Crippen LogP contribution in [0.2, 0.25) is 0 Å². The van der Waals surface area contributed by atoms with Gasteiger partial charge in [0.25, 0.3) is 5.78 Å². The Kier molecular flexibility index (Phi) is 2.61. The van der Waals surface area contributed by atoms with Gasteiger partial charge in [0, 0.05) is 6.92 Å². The molecule has 0 radical (unpaired) electrons. The summed E-state index contributed by atoms with van der Waals surface area (Å²) in [6, 6.07) is 5.22. The lowest BCUT2D eigenvalue weighted by atomic mass is 9.86. The number of imide groups is 1. The van der Waals surface area contributed by atoms with Crippen LogP contribution in [-0.4, -0.2) is 17.6 Å². The van der Waals surface area contributed by atoms with Crippen molar-refractivity contribution in [2.24, 2.45) is 0 Å². The standard InChI is InChI=1S/C14H15NO3/c1-8(16)15-11-6-5-9(14(2,3)4)7-10(11)12(17)13(15)18/h5-7H,1-4H3. The van der Waals surface area contributed by atoms with Crippen molar-refractivity contribution in [3.8, 4) is 0 Å². The molecule has 0 N–H and O–H groups in total. The van der Waals surface area contributed by atoms with E-state index in [0.29, 0.717) is 11.3 Å². The van der Waals surface area contributed by atoms with Crippen LogP contribution in [0, 0.1) is 0 Å². The number of carbonyl (C=O) groups excluding carboxylic acids is 3. The molecule has 94 valence electrons. The van der Waals surface area contributed by atoms with Gasteiger partial charge in [-0.1, -0.05) is 26.8 Å². The smallest absolute Gasteiger partial charge is 0.283 e. The summed E-state index contributed by atoms with van der Waals surface area (Å²) in [7, 11) is 0. The fourth-order valence-electron chi connectivity index (χ4n) is 2.02. The molecule has 1 aromatic rings. The second kappa shape index (κ2) is 3.77. The Balaban J connectivity index is 2.61. The van der Waals surface area contributed by atoms with Gasteiger partial charge in [0.2, 0.25) is 5.91 Å². The summed E-state index contributed by atoms with van der Waals surface area (Å²) in [6.45, 7) is 7.36. The second-order valence-electron chi connectivity index (χ2n) is 5.47. The van der Waals surface area contributed by atoms with E-state index in [-0.39, 0.29) is 5.41 Å². The van der Waals surface area contributed by atoms with Gasteiger partial charge in [-0.15, -0.1) is 0 Å². The van der Waals surface area contributed by atoms with Gasteiger partial charge in [-0.2, -0.15) is 0 Å². The fourth-order valence-corrected chi connectivity index (χ4v) is 2.02. The third kappa shape index (κ3) is 1.74. The molecule has 0 aromatic heterocycles. The number of amides is 2. The zero-order chi connectivity index (χ0) is 13.7. The van der Waals surface area contributed by atoms with Gasteiger partial charge in [0.05, 0.1) is 11.3 Å². The number of hydrogen-bond acceptors (Lipinski definition) is 3. The minimum Gasteiger partial charge on any atom is -0.283 e. The Hall–Kier alpha value is -1.97. The molecule has 1 aliphatic rings. The second-order valence-corrected chi connectivity index (χ2v) is 5.47. The topological polar surface area (TPSA) is 54.5 Å². The van der Waals surface area contributed by atoms with Crippen LogP contribution in [0.15, 0.2) is 18.2 Å². The molecule has 1 heterocycles. The molecule has 0 spiro atoms. The van der Waals surface area contributed by atoms with Crippen molar-refractivity contribution in [2.75, 3.05) is 4.90 Å². The number of benzene rings is 1. The van der Waals surface area contributed by atoms with Crippen LogP contribution in [-0.2, 0) is 15.0 Å². The number of fused-ring (bicyclic) bond motifs is 1. The van der Waals surface area contributed by atoms with Crippen LogP contribution in [0.1, 0.15) is 43.6 Å². The van der Waals surface area contributed by atoms with E-state index < -0.39 is 17.6 Å². The van der Waals surface area contributed by atoms with Crippen molar-refractivity contribution >= 4 is 23.3 Å². The van der Waals surface area contributed by atoms with E-state index in [4.69, 9.17) is 0 Å². The van der Waals surface area contributed by atoms with E-state index in [1.54, 1.807) is 12.1 Å². The van der Waals surface area contributed by atoms with E-state index in [0.717, 1.165) is 10.5 Å². The molecule has 2 amide bonds. The molecule has 0 unspecified atom stereocenters. The molecule has 0 bridgehead atoms. The highest BCUT2D eigenvalue weighted by atomic mass is 16.2. The lowest BCUT2D eigenvalue weighted by Gasteiger charge is -2.20. The third-order valence-electron chi connectivity index (χ3n) is 3.06. The van der Waals surface area contributed by atoms with Gasteiger partial charge in [-0.3, -0.25) is 14.4 Å². The van der Waals surface area contributed by atoms with E-state index >= 15 is 0 Å². The van der Waals surface area contributed by atoms with Crippen LogP contribution < -0.4 is 4.90 Å². The number of carbonyl (C=O) groups is 3. The number of ketones is 1. The van der Waals surface area contributed by atoms with Gasteiger partial charge in [0.15, 0.2) is 0 Å². The molecule has 2 rings (SSSR count). The molecule has 0 atom stereocenters. The molecule has 0 aliphatic carbocycles. The van der Waals surface area contributed by atoms with Gasteiger partial charge in [0.1, 0.15) is 0 Å². The van der Waals surface area contributed by atoms with Gasteiger partial charge >= 0.3 is 5.91 Å². The Morgan fingerprint density at radius 3 is 2.28 bits per heavy atom. The van der Waals surface area contributed by atoms with Crippen molar-refractivity contribution in [3.05, 3.63) is 29.3 Å². The van der Waals surface area contributed by atoms with Crippen LogP contribution in [0.3, 0.4) is 0 Å². The van der Waals surface area contributed by atoms with E-state index in [2.05, 4.69) is 0 Å². The first-order valence-electron chi connectivity index (χ1n) is 5.77. The summed E-state index contributed by atoms with van der Waals surface area (Å²) in [4.78, 5) is 35.9. The lowest BCUT2D eigenvalue weighted by Crippen LogP contribution is -2.33. The first-order chi connectivity index (χ1) is 8.23. The number of nitrogens with zero attached hydrogens (tertiary/aromatic N) is 1.